The van der Waals surface area contributed by atoms with Crippen LogP contribution >= 0.6 is 11.3 Å². The Hall–Kier alpha value is -1.81. The molecular weight excluding hydrogens is 234 g/mol. The largest absolute Gasteiger partial charge is 0.462 e. The van der Waals surface area contributed by atoms with Crippen molar-refractivity contribution in [1.82, 2.24) is 4.40 Å². The summed E-state index contributed by atoms with van der Waals surface area (Å²) < 4.78 is 8.25. The van der Waals surface area contributed by atoms with Gasteiger partial charge in [0.05, 0.1) is 22.4 Å². The lowest BCUT2D eigenvalue weighted by Crippen LogP contribution is -2.02. The number of hydrogen-bond donors (Lipinski definition) is 0. The number of aromatic nitrogens is 1. The van der Waals surface area contributed by atoms with Gasteiger partial charge in [-0.3, -0.25) is 0 Å². The van der Waals surface area contributed by atoms with Gasteiger partial charge in [-0.05, 0) is 25.1 Å². The number of para-hydroxylation sites is 1. The van der Waals surface area contributed by atoms with E-state index in [4.69, 9.17) is 4.74 Å². The number of carbonyl (C=O) groups excluding carboxylic acids is 1. The third kappa shape index (κ3) is 1.61. The number of fused-ring (bicyclic) bond motifs is 3. The molecule has 0 radical (unpaired) electrons. The number of rotatable bonds is 2. The quantitative estimate of drug-likeness (QED) is 0.648. The van der Waals surface area contributed by atoms with Gasteiger partial charge in [0.2, 0.25) is 0 Å². The third-order valence-electron chi connectivity index (χ3n) is 2.64. The highest BCUT2D eigenvalue weighted by molar-refractivity contribution is 7.24. The molecule has 3 rings (SSSR count). The van der Waals surface area contributed by atoms with E-state index in [9.17, 15) is 4.79 Å². The summed E-state index contributed by atoms with van der Waals surface area (Å²) in [5.74, 6) is -0.257. The van der Waals surface area contributed by atoms with Gasteiger partial charge in [-0.15, -0.1) is 11.3 Å². The topological polar surface area (TPSA) is 30.7 Å². The van der Waals surface area contributed by atoms with E-state index in [1.807, 2.05) is 41.8 Å². The lowest BCUT2D eigenvalue weighted by atomic mass is 10.3. The molecule has 86 valence electrons. The second-order valence-corrected chi connectivity index (χ2v) is 4.79. The van der Waals surface area contributed by atoms with Gasteiger partial charge in [-0.2, -0.15) is 0 Å². The monoisotopic (exact) mass is 245 g/mol. The van der Waals surface area contributed by atoms with Crippen molar-refractivity contribution in [2.45, 2.75) is 6.92 Å². The first-order valence-electron chi connectivity index (χ1n) is 5.46. The standard InChI is InChI=1S/C13H11NO2S/c1-2-16-13(15)9-7-12-14(8-9)10-5-3-4-6-11(10)17-12/h3-8H,2H2,1H3. The molecule has 0 saturated carbocycles. The highest BCUT2D eigenvalue weighted by atomic mass is 32.1. The molecule has 0 aliphatic rings. The fraction of sp³-hybridized carbons (Fsp3) is 0.154. The zero-order chi connectivity index (χ0) is 11.8. The van der Waals surface area contributed by atoms with E-state index < -0.39 is 0 Å². The summed E-state index contributed by atoms with van der Waals surface area (Å²) in [5.41, 5.74) is 1.74. The maximum absolute atomic E-state index is 11.6. The molecule has 3 nitrogen and oxygen atoms in total. The van der Waals surface area contributed by atoms with E-state index >= 15 is 0 Å². The third-order valence-corrected chi connectivity index (χ3v) is 3.72. The van der Waals surface area contributed by atoms with Crippen LogP contribution in [0.3, 0.4) is 0 Å². The van der Waals surface area contributed by atoms with Crippen molar-refractivity contribution in [2.24, 2.45) is 0 Å². The van der Waals surface area contributed by atoms with Crippen molar-refractivity contribution >= 4 is 32.4 Å². The molecule has 0 fully saturated rings. The van der Waals surface area contributed by atoms with Crippen LogP contribution in [0.2, 0.25) is 0 Å². The summed E-state index contributed by atoms with van der Waals surface area (Å²) >= 11 is 1.67. The molecule has 2 heterocycles. The Morgan fingerprint density at radius 1 is 1.41 bits per heavy atom. The van der Waals surface area contributed by atoms with Crippen LogP contribution in [-0.2, 0) is 4.74 Å². The predicted molar refractivity (Wildman–Crippen MR) is 68.7 cm³/mol. The second-order valence-electron chi connectivity index (χ2n) is 3.73. The summed E-state index contributed by atoms with van der Waals surface area (Å²) in [7, 11) is 0. The summed E-state index contributed by atoms with van der Waals surface area (Å²) in [4.78, 5) is 12.7. The van der Waals surface area contributed by atoms with E-state index in [2.05, 4.69) is 6.07 Å². The lowest BCUT2D eigenvalue weighted by Gasteiger charge is -1.96. The van der Waals surface area contributed by atoms with Crippen LogP contribution in [0, 0.1) is 0 Å². The molecular formula is C13H11NO2S. The van der Waals surface area contributed by atoms with Gasteiger partial charge in [0.15, 0.2) is 0 Å². The van der Waals surface area contributed by atoms with Crippen LogP contribution < -0.4 is 0 Å². The van der Waals surface area contributed by atoms with E-state index in [-0.39, 0.29) is 5.97 Å². The summed E-state index contributed by atoms with van der Waals surface area (Å²) in [6.07, 6.45) is 1.84. The normalized spacial score (nSPS) is 11.1. The van der Waals surface area contributed by atoms with Crippen LogP contribution in [0.5, 0.6) is 0 Å². The van der Waals surface area contributed by atoms with Crippen LogP contribution in [-0.4, -0.2) is 17.0 Å². The second kappa shape index (κ2) is 3.89. The van der Waals surface area contributed by atoms with Gasteiger partial charge in [0.25, 0.3) is 0 Å². The summed E-state index contributed by atoms with van der Waals surface area (Å²) in [6.45, 7) is 2.22. The minimum atomic E-state index is -0.257. The molecule has 0 aliphatic heterocycles. The van der Waals surface area contributed by atoms with Gasteiger partial charge >= 0.3 is 5.97 Å². The number of hydrogen-bond acceptors (Lipinski definition) is 3. The Kier molecular flexibility index (Phi) is 2.37. The molecule has 0 aliphatic carbocycles. The molecule has 0 bridgehead atoms. The fourth-order valence-corrected chi connectivity index (χ4v) is 2.97. The van der Waals surface area contributed by atoms with E-state index in [0.717, 1.165) is 10.3 Å². The van der Waals surface area contributed by atoms with E-state index in [1.54, 1.807) is 11.3 Å². The van der Waals surface area contributed by atoms with Crippen molar-refractivity contribution in [3.8, 4) is 0 Å². The smallest absolute Gasteiger partial charge is 0.339 e. The van der Waals surface area contributed by atoms with Crippen molar-refractivity contribution in [3.05, 3.63) is 42.1 Å². The number of esters is 1. The summed E-state index contributed by atoms with van der Waals surface area (Å²) in [6, 6.07) is 10.0. The van der Waals surface area contributed by atoms with Crippen LogP contribution in [0.15, 0.2) is 36.5 Å². The maximum atomic E-state index is 11.6. The number of thiazole rings is 1. The first kappa shape index (κ1) is 10.4. The first-order valence-corrected chi connectivity index (χ1v) is 6.28. The van der Waals surface area contributed by atoms with Crippen molar-refractivity contribution in [3.63, 3.8) is 0 Å². The zero-order valence-electron chi connectivity index (χ0n) is 9.34. The number of nitrogens with zero attached hydrogens (tertiary/aromatic N) is 1. The first-order chi connectivity index (χ1) is 8.29. The molecule has 0 spiro atoms. The van der Waals surface area contributed by atoms with Crippen LogP contribution in [0.1, 0.15) is 17.3 Å². The molecule has 2 aromatic heterocycles. The van der Waals surface area contributed by atoms with Gasteiger partial charge in [-0.25, -0.2) is 4.79 Å². The fourth-order valence-electron chi connectivity index (χ4n) is 1.89. The molecule has 1 aromatic carbocycles. The van der Waals surface area contributed by atoms with Crippen molar-refractivity contribution in [2.75, 3.05) is 6.61 Å². The van der Waals surface area contributed by atoms with Gasteiger partial charge in [0.1, 0.15) is 4.83 Å². The molecule has 3 aromatic rings. The number of carbonyl (C=O) groups is 1. The molecule has 0 saturated heterocycles. The number of benzene rings is 1. The molecule has 0 atom stereocenters. The molecule has 4 heteroatoms. The average Bonchev–Trinajstić information content (AvgIpc) is 2.86. The van der Waals surface area contributed by atoms with Gasteiger partial charge < -0.3 is 9.14 Å². The van der Waals surface area contributed by atoms with Gasteiger partial charge in [0, 0.05) is 6.20 Å². The molecule has 0 unspecified atom stereocenters. The van der Waals surface area contributed by atoms with E-state index in [0.29, 0.717) is 12.2 Å². The number of ether oxygens (including phenoxy) is 1. The van der Waals surface area contributed by atoms with Crippen molar-refractivity contribution < 1.29 is 9.53 Å². The maximum Gasteiger partial charge on any atom is 0.339 e. The minimum Gasteiger partial charge on any atom is -0.462 e. The Morgan fingerprint density at radius 2 is 2.24 bits per heavy atom. The van der Waals surface area contributed by atoms with Crippen LogP contribution in [0.4, 0.5) is 0 Å². The van der Waals surface area contributed by atoms with E-state index in [1.165, 1.54) is 4.70 Å². The highest BCUT2D eigenvalue weighted by Crippen LogP contribution is 2.28. The van der Waals surface area contributed by atoms with Crippen LogP contribution in [0.25, 0.3) is 15.0 Å². The average molecular weight is 245 g/mol. The SMILES string of the molecule is CCOC(=O)c1cc2sc3ccccc3n2c1. The highest BCUT2D eigenvalue weighted by Gasteiger charge is 2.12. The summed E-state index contributed by atoms with van der Waals surface area (Å²) in [5, 5.41) is 0. The Morgan fingerprint density at radius 3 is 3.06 bits per heavy atom. The molecule has 0 amide bonds. The molecule has 0 N–H and O–H groups in total. The molecule has 17 heavy (non-hydrogen) atoms. The zero-order valence-corrected chi connectivity index (χ0v) is 10.2. The Bertz CT molecular complexity index is 696. The minimum absolute atomic E-state index is 0.257. The predicted octanol–water partition coefficient (Wildman–Crippen LogP) is 3.33. The Balaban J connectivity index is 2.17. The Labute approximate surface area is 102 Å². The van der Waals surface area contributed by atoms with Gasteiger partial charge in [-0.1, -0.05) is 12.1 Å². The van der Waals surface area contributed by atoms with Crippen molar-refractivity contribution in [1.29, 1.82) is 0 Å². The lowest BCUT2D eigenvalue weighted by molar-refractivity contribution is 0.0526.